The molecule has 1 heterocycles. The van der Waals surface area contributed by atoms with Crippen LogP contribution < -0.4 is 5.32 Å². The van der Waals surface area contributed by atoms with E-state index in [1.807, 2.05) is 0 Å². The number of carbonyl (C=O) groups is 1. The summed E-state index contributed by atoms with van der Waals surface area (Å²) in [6.07, 6.45) is 0.904. The van der Waals surface area contributed by atoms with Gasteiger partial charge in [-0.3, -0.25) is 4.79 Å². The lowest BCUT2D eigenvalue weighted by Crippen LogP contribution is -2.29. The number of rotatable bonds is 4. The Hall–Kier alpha value is -0.820. The van der Waals surface area contributed by atoms with Crippen molar-refractivity contribution in [3.63, 3.8) is 0 Å². The quantitative estimate of drug-likeness (QED) is 0.845. The summed E-state index contributed by atoms with van der Waals surface area (Å²) < 4.78 is 28.2. The van der Waals surface area contributed by atoms with Crippen molar-refractivity contribution in [2.24, 2.45) is 5.92 Å². The van der Waals surface area contributed by atoms with Crippen molar-refractivity contribution >= 4 is 37.2 Å². The first-order valence-electron chi connectivity index (χ1n) is 6.40. The molecule has 1 unspecified atom stereocenters. The zero-order chi connectivity index (χ0) is 15.6. The van der Waals surface area contributed by atoms with Gasteiger partial charge >= 0.3 is 0 Å². The summed E-state index contributed by atoms with van der Waals surface area (Å²) in [4.78, 5) is 11.9. The van der Waals surface area contributed by atoms with E-state index in [1.165, 1.54) is 12.1 Å². The number of benzene rings is 1. The standard InChI is InChI=1S/C13H15Cl2NO4S/c1-8-4-10(5-11(12(8)14)21(15,18)19)13(17)16-6-9-2-3-20-7-9/h4-5,9H,2-3,6-7H2,1H3,(H,16,17). The van der Waals surface area contributed by atoms with Gasteiger partial charge in [0.1, 0.15) is 4.90 Å². The van der Waals surface area contributed by atoms with Crippen molar-refractivity contribution in [2.75, 3.05) is 19.8 Å². The molecule has 1 aromatic rings. The highest BCUT2D eigenvalue weighted by molar-refractivity contribution is 8.13. The van der Waals surface area contributed by atoms with E-state index < -0.39 is 9.05 Å². The summed E-state index contributed by atoms with van der Waals surface area (Å²) in [5.41, 5.74) is 0.697. The van der Waals surface area contributed by atoms with Crippen LogP contribution in [0.3, 0.4) is 0 Å². The summed E-state index contributed by atoms with van der Waals surface area (Å²) in [5.74, 6) is -0.0678. The predicted octanol–water partition coefficient (Wildman–Crippen LogP) is 2.34. The Bertz CT molecular complexity index is 654. The van der Waals surface area contributed by atoms with Gasteiger partial charge in [-0.15, -0.1) is 0 Å². The molecular weight excluding hydrogens is 337 g/mol. The fourth-order valence-electron chi connectivity index (χ4n) is 2.13. The fourth-order valence-corrected chi connectivity index (χ4v) is 3.67. The third kappa shape index (κ3) is 4.10. The van der Waals surface area contributed by atoms with Crippen LogP contribution in [0.5, 0.6) is 0 Å². The van der Waals surface area contributed by atoms with Crippen LogP contribution in [0.4, 0.5) is 0 Å². The topological polar surface area (TPSA) is 72.5 Å². The average molecular weight is 352 g/mol. The molecule has 5 nitrogen and oxygen atoms in total. The van der Waals surface area contributed by atoms with Crippen LogP contribution in [0.2, 0.25) is 5.02 Å². The molecule has 1 aliphatic rings. The molecule has 1 fully saturated rings. The third-order valence-corrected chi connectivity index (χ3v) is 5.28. The normalized spacial score (nSPS) is 18.7. The van der Waals surface area contributed by atoms with Crippen LogP contribution in [0, 0.1) is 12.8 Å². The van der Waals surface area contributed by atoms with Gasteiger partial charge in [-0.25, -0.2) is 8.42 Å². The van der Waals surface area contributed by atoms with Crippen molar-refractivity contribution in [3.8, 4) is 0 Å². The van der Waals surface area contributed by atoms with Crippen LogP contribution in [-0.4, -0.2) is 34.1 Å². The maximum Gasteiger partial charge on any atom is 0.262 e. The second-order valence-electron chi connectivity index (χ2n) is 4.98. The largest absolute Gasteiger partial charge is 0.381 e. The lowest BCUT2D eigenvalue weighted by Gasteiger charge is -2.11. The van der Waals surface area contributed by atoms with E-state index in [1.54, 1.807) is 6.92 Å². The molecule has 0 bridgehead atoms. The zero-order valence-electron chi connectivity index (χ0n) is 11.4. The monoisotopic (exact) mass is 351 g/mol. The van der Waals surface area contributed by atoms with Crippen LogP contribution in [0.15, 0.2) is 17.0 Å². The SMILES string of the molecule is Cc1cc(C(=O)NCC2CCOC2)cc(S(=O)(=O)Cl)c1Cl. The maximum absolute atomic E-state index is 12.1. The predicted molar refractivity (Wildman–Crippen MR) is 80.5 cm³/mol. The second-order valence-corrected chi connectivity index (χ2v) is 7.90. The number of ether oxygens (including phenoxy) is 1. The van der Waals surface area contributed by atoms with E-state index in [0.29, 0.717) is 31.2 Å². The highest BCUT2D eigenvalue weighted by Gasteiger charge is 2.21. The number of nitrogens with one attached hydrogen (secondary N) is 1. The van der Waals surface area contributed by atoms with Gasteiger partial charge in [0.15, 0.2) is 0 Å². The molecule has 0 aromatic heterocycles. The summed E-state index contributed by atoms with van der Waals surface area (Å²) in [6.45, 7) is 3.44. The van der Waals surface area contributed by atoms with Crippen molar-refractivity contribution in [2.45, 2.75) is 18.2 Å². The lowest BCUT2D eigenvalue weighted by atomic mass is 10.1. The molecule has 116 valence electrons. The lowest BCUT2D eigenvalue weighted by molar-refractivity contribution is 0.0944. The van der Waals surface area contributed by atoms with Gasteiger partial charge in [0.05, 0.1) is 11.6 Å². The first-order valence-corrected chi connectivity index (χ1v) is 9.08. The number of halogens is 2. The van der Waals surface area contributed by atoms with Gasteiger partial charge in [-0.05, 0) is 31.0 Å². The molecule has 1 aliphatic heterocycles. The number of hydrogen-bond acceptors (Lipinski definition) is 4. The van der Waals surface area contributed by atoms with Gasteiger partial charge in [0.2, 0.25) is 0 Å². The Morgan fingerprint density at radius 3 is 2.76 bits per heavy atom. The van der Waals surface area contributed by atoms with Crippen LogP contribution in [0.25, 0.3) is 0 Å². The first kappa shape index (κ1) is 16.5. The van der Waals surface area contributed by atoms with E-state index in [-0.39, 0.29) is 21.4 Å². The minimum absolute atomic E-state index is 0.0331. The number of hydrogen-bond donors (Lipinski definition) is 1. The Labute approximate surface area is 133 Å². The van der Waals surface area contributed by atoms with E-state index >= 15 is 0 Å². The molecule has 1 N–H and O–H groups in total. The van der Waals surface area contributed by atoms with E-state index in [0.717, 1.165) is 6.42 Å². The van der Waals surface area contributed by atoms with E-state index in [4.69, 9.17) is 27.0 Å². The van der Waals surface area contributed by atoms with Gasteiger partial charge in [0, 0.05) is 35.3 Å². The molecule has 0 radical (unpaired) electrons. The average Bonchev–Trinajstić information content (AvgIpc) is 2.90. The molecule has 1 aromatic carbocycles. The summed E-state index contributed by atoms with van der Waals surface area (Å²) in [5, 5.41) is 2.80. The van der Waals surface area contributed by atoms with Crippen molar-refractivity contribution in [1.82, 2.24) is 5.32 Å². The van der Waals surface area contributed by atoms with Crippen molar-refractivity contribution in [1.29, 1.82) is 0 Å². The van der Waals surface area contributed by atoms with Gasteiger partial charge in [0.25, 0.3) is 15.0 Å². The minimum atomic E-state index is -4.00. The molecule has 8 heteroatoms. The second kappa shape index (κ2) is 6.52. The van der Waals surface area contributed by atoms with Gasteiger partial charge in [-0.1, -0.05) is 11.6 Å². The Balaban J connectivity index is 2.19. The van der Waals surface area contributed by atoms with E-state index in [2.05, 4.69) is 5.32 Å². The smallest absolute Gasteiger partial charge is 0.262 e. The number of aryl methyl sites for hydroxylation is 1. The van der Waals surface area contributed by atoms with Gasteiger partial charge in [-0.2, -0.15) is 0 Å². The molecular formula is C13H15Cl2NO4S. The molecule has 1 amide bonds. The maximum atomic E-state index is 12.1. The molecule has 0 saturated carbocycles. The van der Waals surface area contributed by atoms with Crippen LogP contribution in [-0.2, 0) is 13.8 Å². The molecule has 2 rings (SSSR count). The van der Waals surface area contributed by atoms with Crippen LogP contribution >= 0.6 is 22.3 Å². The number of amides is 1. The Kier molecular flexibility index (Phi) is 5.14. The van der Waals surface area contributed by atoms with Crippen molar-refractivity contribution in [3.05, 3.63) is 28.3 Å². The molecule has 0 aliphatic carbocycles. The molecule has 0 spiro atoms. The molecule has 1 saturated heterocycles. The summed E-state index contributed by atoms with van der Waals surface area (Å²) in [6, 6.07) is 2.73. The highest BCUT2D eigenvalue weighted by Crippen LogP contribution is 2.29. The minimum Gasteiger partial charge on any atom is -0.381 e. The summed E-state index contributed by atoms with van der Waals surface area (Å²) >= 11 is 5.92. The van der Waals surface area contributed by atoms with Crippen LogP contribution in [0.1, 0.15) is 22.3 Å². The van der Waals surface area contributed by atoms with Gasteiger partial charge < -0.3 is 10.1 Å². The third-order valence-electron chi connectivity index (χ3n) is 3.32. The highest BCUT2D eigenvalue weighted by atomic mass is 35.7. The Morgan fingerprint density at radius 2 is 2.19 bits per heavy atom. The summed E-state index contributed by atoms with van der Waals surface area (Å²) in [7, 11) is 1.33. The zero-order valence-corrected chi connectivity index (χ0v) is 13.7. The Morgan fingerprint density at radius 1 is 1.48 bits per heavy atom. The fraction of sp³-hybridized carbons (Fsp3) is 0.462. The van der Waals surface area contributed by atoms with Crippen molar-refractivity contribution < 1.29 is 17.9 Å². The molecule has 1 atom stereocenters. The van der Waals surface area contributed by atoms with E-state index in [9.17, 15) is 13.2 Å². The molecule has 21 heavy (non-hydrogen) atoms. The first-order chi connectivity index (χ1) is 9.79. The number of carbonyl (C=O) groups excluding carboxylic acids is 1.